The normalized spacial score (nSPS) is 10.3. The third-order valence-corrected chi connectivity index (χ3v) is 3.04. The number of methoxy groups -OCH3 is 1. The number of nitro groups is 1. The summed E-state index contributed by atoms with van der Waals surface area (Å²) in [6.45, 7) is 0.603. The Morgan fingerprint density at radius 2 is 2.39 bits per heavy atom. The van der Waals surface area contributed by atoms with Crippen molar-refractivity contribution in [3.63, 3.8) is 0 Å². The first kappa shape index (κ1) is 14.4. The van der Waals surface area contributed by atoms with Crippen LogP contribution in [0.1, 0.15) is 16.8 Å². The summed E-state index contributed by atoms with van der Waals surface area (Å²) in [6.07, 6.45) is 1.77. The number of aromatic carboxylic acids is 1. The van der Waals surface area contributed by atoms with Crippen LogP contribution in [0, 0.1) is 10.1 Å². The highest BCUT2D eigenvalue weighted by atomic mass is 32.2. The molecule has 7 nitrogen and oxygen atoms in total. The highest BCUT2D eigenvalue weighted by Gasteiger charge is 2.20. The number of hydrogen-bond donors (Lipinski definition) is 1. The molecule has 98 valence electrons. The van der Waals surface area contributed by atoms with Gasteiger partial charge in [-0.1, -0.05) is 0 Å². The van der Waals surface area contributed by atoms with Crippen LogP contribution in [0.4, 0.5) is 5.69 Å². The smallest absolute Gasteiger partial charge is 0.342 e. The standard InChI is InChI=1S/C10H12N2O5S/c1-17-3-2-4-18-9-5-7(10(13)14)8(6-11-9)12(15)16/h5-6H,2-4H2,1H3,(H,13,14). The summed E-state index contributed by atoms with van der Waals surface area (Å²) in [4.78, 5) is 24.6. The van der Waals surface area contributed by atoms with Crippen LogP contribution < -0.4 is 0 Å². The van der Waals surface area contributed by atoms with E-state index in [0.717, 1.165) is 12.6 Å². The molecule has 0 unspecified atom stereocenters. The molecular formula is C10H12N2O5S. The molecule has 1 aromatic heterocycles. The molecule has 0 bridgehead atoms. The first-order valence-corrected chi connectivity index (χ1v) is 6.04. The van der Waals surface area contributed by atoms with Crippen molar-refractivity contribution in [2.45, 2.75) is 11.4 Å². The fourth-order valence-electron chi connectivity index (χ4n) is 1.20. The van der Waals surface area contributed by atoms with E-state index in [9.17, 15) is 14.9 Å². The molecule has 0 radical (unpaired) electrons. The second-order valence-corrected chi connectivity index (χ2v) is 4.41. The van der Waals surface area contributed by atoms with Gasteiger partial charge in [-0.2, -0.15) is 0 Å². The number of rotatable bonds is 7. The zero-order valence-electron chi connectivity index (χ0n) is 9.66. The number of carboxylic acid groups (broad SMARTS) is 1. The van der Waals surface area contributed by atoms with Gasteiger partial charge in [0.2, 0.25) is 0 Å². The van der Waals surface area contributed by atoms with Gasteiger partial charge < -0.3 is 9.84 Å². The van der Waals surface area contributed by atoms with Crippen molar-refractivity contribution in [3.8, 4) is 0 Å². The van der Waals surface area contributed by atoms with Gasteiger partial charge in [0, 0.05) is 19.5 Å². The zero-order chi connectivity index (χ0) is 13.5. The number of aromatic nitrogens is 1. The van der Waals surface area contributed by atoms with Crippen molar-refractivity contribution in [2.75, 3.05) is 19.5 Å². The van der Waals surface area contributed by atoms with E-state index in [2.05, 4.69) is 4.98 Å². The highest BCUT2D eigenvalue weighted by molar-refractivity contribution is 7.99. The maximum Gasteiger partial charge on any atom is 0.342 e. The molecule has 0 aliphatic carbocycles. The molecule has 0 atom stereocenters. The Labute approximate surface area is 107 Å². The van der Waals surface area contributed by atoms with Crippen LogP contribution in [0.5, 0.6) is 0 Å². The summed E-state index contributed by atoms with van der Waals surface area (Å²) in [5.74, 6) is -0.625. The molecule has 0 aromatic carbocycles. The quantitative estimate of drug-likeness (QED) is 0.349. The molecule has 1 rings (SSSR count). The number of carbonyl (C=O) groups is 1. The lowest BCUT2D eigenvalue weighted by atomic mass is 10.2. The van der Waals surface area contributed by atoms with E-state index in [1.54, 1.807) is 7.11 Å². The fraction of sp³-hybridized carbons (Fsp3) is 0.400. The summed E-state index contributed by atoms with van der Waals surface area (Å²) >= 11 is 1.34. The number of thioether (sulfide) groups is 1. The van der Waals surface area contributed by atoms with Gasteiger partial charge in [0.25, 0.3) is 0 Å². The topological polar surface area (TPSA) is 103 Å². The van der Waals surface area contributed by atoms with Gasteiger partial charge in [-0.05, 0) is 12.5 Å². The SMILES string of the molecule is COCCCSc1cc(C(=O)O)c([N+](=O)[O-])cn1. The molecule has 0 saturated carbocycles. The van der Waals surface area contributed by atoms with Crippen molar-refractivity contribution in [3.05, 3.63) is 27.9 Å². The van der Waals surface area contributed by atoms with E-state index in [0.29, 0.717) is 17.4 Å². The number of carboxylic acids is 1. The van der Waals surface area contributed by atoms with Crippen molar-refractivity contribution >= 4 is 23.4 Å². The molecule has 1 N–H and O–H groups in total. The molecular weight excluding hydrogens is 260 g/mol. The molecule has 0 aliphatic rings. The summed E-state index contributed by atoms with van der Waals surface area (Å²) in [5.41, 5.74) is -0.840. The van der Waals surface area contributed by atoms with Gasteiger partial charge in [-0.15, -0.1) is 11.8 Å². The van der Waals surface area contributed by atoms with Crippen LogP contribution in [0.3, 0.4) is 0 Å². The molecule has 1 aromatic rings. The summed E-state index contributed by atoms with van der Waals surface area (Å²) in [5, 5.41) is 20.0. The van der Waals surface area contributed by atoms with Crippen LogP contribution in [0.15, 0.2) is 17.3 Å². The van der Waals surface area contributed by atoms with Crippen molar-refractivity contribution in [1.29, 1.82) is 0 Å². The fourth-order valence-corrected chi connectivity index (χ4v) is 2.00. The Kier molecular flexibility index (Phi) is 5.53. The lowest BCUT2D eigenvalue weighted by Crippen LogP contribution is -2.04. The molecule has 0 aliphatic heterocycles. The van der Waals surface area contributed by atoms with E-state index in [1.807, 2.05) is 0 Å². The van der Waals surface area contributed by atoms with E-state index in [1.165, 1.54) is 17.8 Å². The van der Waals surface area contributed by atoms with Crippen LogP contribution >= 0.6 is 11.8 Å². The molecule has 18 heavy (non-hydrogen) atoms. The van der Waals surface area contributed by atoms with E-state index in [4.69, 9.17) is 9.84 Å². The van der Waals surface area contributed by atoms with Crippen LogP contribution in [-0.2, 0) is 4.74 Å². The first-order chi connectivity index (χ1) is 8.56. The summed E-state index contributed by atoms with van der Waals surface area (Å²) in [7, 11) is 1.59. The number of ether oxygens (including phenoxy) is 1. The molecule has 0 saturated heterocycles. The second kappa shape index (κ2) is 6.92. The molecule has 0 amide bonds. The van der Waals surface area contributed by atoms with E-state index in [-0.39, 0.29) is 5.56 Å². The Morgan fingerprint density at radius 3 is 2.94 bits per heavy atom. The maximum atomic E-state index is 10.9. The number of pyridine rings is 1. The van der Waals surface area contributed by atoms with E-state index >= 15 is 0 Å². The molecule has 8 heteroatoms. The highest BCUT2D eigenvalue weighted by Crippen LogP contribution is 2.23. The van der Waals surface area contributed by atoms with Gasteiger partial charge in [0.1, 0.15) is 11.8 Å². The zero-order valence-corrected chi connectivity index (χ0v) is 10.5. The van der Waals surface area contributed by atoms with E-state index < -0.39 is 16.6 Å². The average Bonchev–Trinajstić information content (AvgIpc) is 2.34. The van der Waals surface area contributed by atoms with Crippen molar-refractivity contribution in [1.82, 2.24) is 4.98 Å². The summed E-state index contributed by atoms with van der Waals surface area (Å²) in [6, 6.07) is 1.22. The Bertz CT molecular complexity index is 452. The summed E-state index contributed by atoms with van der Waals surface area (Å²) < 4.78 is 4.88. The van der Waals surface area contributed by atoms with Gasteiger partial charge in [-0.3, -0.25) is 10.1 Å². The Hall–Kier alpha value is -1.67. The minimum absolute atomic E-state index is 0.343. The van der Waals surface area contributed by atoms with Crippen LogP contribution in [0.25, 0.3) is 0 Å². The predicted octanol–water partition coefficient (Wildman–Crippen LogP) is 1.82. The number of nitrogens with zero attached hydrogens (tertiary/aromatic N) is 2. The molecule has 0 spiro atoms. The third-order valence-electron chi connectivity index (χ3n) is 2.03. The maximum absolute atomic E-state index is 10.9. The van der Waals surface area contributed by atoms with Crippen LogP contribution in [-0.4, -0.2) is 40.5 Å². The van der Waals surface area contributed by atoms with Gasteiger partial charge in [-0.25, -0.2) is 9.78 Å². The molecule has 1 heterocycles. The Balaban J connectivity index is 2.80. The largest absolute Gasteiger partial charge is 0.477 e. The lowest BCUT2D eigenvalue weighted by Gasteiger charge is -2.02. The predicted molar refractivity (Wildman–Crippen MR) is 65.1 cm³/mol. The lowest BCUT2D eigenvalue weighted by molar-refractivity contribution is -0.385. The van der Waals surface area contributed by atoms with Gasteiger partial charge >= 0.3 is 11.7 Å². The first-order valence-electron chi connectivity index (χ1n) is 5.05. The second-order valence-electron chi connectivity index (χ2n) is 3.30. The molecule has 0 fully saturated rings. The minimum atomic E-state index is -1.33. The minimum Gasteiger partial charge on any atom is -0.477 e. The van der Waals surface area contributed by atoms with Gasteiger partial charge in [0.05, 0.1) is 9.95 Å². The van der Waals surface area contributed by atoms with Crippen molar-refractivity contribution < 1.29 is 19.6 Å². The monoisotopic (exact) mass is 272 g/mol. The van der Waals surface area contributed by atoms with Crippen molar-refractivity contribution in [2.24, 2.45) is 0 Å². The average molecular weight is 272 g/mol. The van der Waals surface area contributed by atoms with Gasteiger partial charge in [0.15, 0.2) is 0 Å². The third kappa shape index (κ3) is 3.97. The number of hydrogen-bond acceptors (Lipinski definition) is 6. The van der Waals surface area contributed by atoms with Crippen LogP contribution in [0.2, 0.25) is 0 Å². The Morgan fingerprint density at radius 1 is 1.67 bits per heavy atom.